The lowest BCUT2D eigenvalue weighted by molar-refractivity contribution is -0.155. The van der Waals surface area contributed by atoms with E-state index in [9.17, 15) is 28.8 Å². The number of benzene rings is 2. The van der Waals surface area contributed by atoms with Crippen molar-refractivity contribution in [2.24, 2.45) is 23.7 Å². The predicted octanol–water partition coefficient (Wildman–Crippen LogP) is 11.8. The van der Waals surface area contributed by atoms with Crippen LogP contribution < -0.4 is 18.9 Å². The number of carbonyl (C=O) groups excluding carboxylic acids is 6. The minimum Gasteiger partial charge on any atom is -0.494 e. The Balaban J connectivity index is 0.826. The van der Waals surface area contributed by atoms with Gasteiger partial charge in [0.1, 0.15) is 38.6 Å². The van der Waals surface area contributed by atoms with Crippen molar-refractivity contribution in [1.29, 1.82) is 0 Å². The third-order valence-electron chi connectivity index (χ3n) is 13.2. The van der Waals surface area contributed by atoms with Crippen molar-refractivity contribution in [3.05, 3.63) is 103 Å². The second-order valence-electron chi connectivity index (χ2n) is 18.5. The molecule has 1 unspecified atom stereocenters. The van der Waals surface area contributed by atoms with E-state index in [0.717, 1.165) is 74.2 Å². The van der Waals surface area contributed by atoms with Crippen molar-refractivity contribution in [2.45, 2.75) is 115 Å². The molecule has 0 amide bonds. The highest BCUT2D eigenvalue weighted by atomic mass is 32.1. The molecule has 2 aromatic carbocycles. The van der Waals surface area contributed by atoms with Crippen LogP contribution in [-0.4, -0.2) is 73.3 Å². The molecule has 0 radical (unpaired) electrons. The summed E-state index contributed by atoms with van der Waals surface area (Å²) < 4.78 is 45.9. The maximum absolute atomic E-state index is 13.7. The van der Waals surface area contributed by atoms with Gasteiger partial charge >= 0.3 is 35.8 Å². The standard InChI is InChI=1S/C57H65NO14S2/c1-3-49(59)67-35-11-7-5-9-33-65-42-23-27-44(28-24-42)69-54(61)38-15-19-40(20-16-38)56(63)71-46-31-32-47(52-51(46)58-53(74-52)48-14-13-37-73-48)72-57(64)41-21-17-39(18-22-41)55(62)70-45-29-25-43(26-30-45)66-34-10-6-8-12-36-68-50(60)4-2/h3-4,13-14,23-27,29-32,37-41,44H,1-2,5-12,15-22,28,33-36H2. The number of ether oxygens (including phenoxy) is 8. The Morgan fingerprint density at radius 3 is 1.64 bits per heavy atom. The van der Waals surface area contributed by atoms with Crippen molar-refractivity contribution in [3.8, 4) is 32.9 Å². The summed E-state index contributed by atoms with van der Waals surface area (Å²) in [6.07, 6.45) is 18.9. The maximum Gasteiger partial charge on any atom is 0.330 e. The van der Waals surface area contributed by atoms with E-state index in [0.29, 0.717) is 117 Å². The lowest BCUT2D eigenvalue weighted by Crippen LogP contribution is -2.31. The van der Waals surface area contributed by atoms with Gasteiger partial charge in [-0.3, -0.25) is 19.2 Å². The second kappa shape index (κ2) is 28.8. The van der Waals surface area contributed by atoms with E-state index < -0.39 is 35.7 Å². The monoisotopic (exact) mass is 1050 g/mol. The van der Waals surface area contributed by atoms with Crippen LogP contribution in [0.25, 0.3) is 20.1 Å². The molecular weight excluding hydrogens is 987 g/mol. The molecule has 394 valence electrons. The van der Waals surface area contributed by atoms with Crippen molar-refractivity contribution in [3.63, 3.8) is 0 Å². The molecular formula is C57H65NO14S2. The van der Waals surface area contributed by atoms with E-state index in [1.54, 1.807) is 36.4 Å². The quantitative estimate of drug-likeness (QED) is 0.0180. The molecule has 15 nitrogen and oxygen atoms in total. The van der Waals surface area contributed by atoms with Gasteiger partial charge in [-0.05, 0) is 169 Å². The molecule has 2 saturated carbocycles. The van der Waals surface area contributed by atoms with Gasteiger partial charge in [0.15, 0.2) is 11.5 Å². The summed E-state index contributed by atoms with van der Waals surface area (Å²) in [6, 6.07) is 14.1. The highest BCUT2D eigenvalue weighted by Crippen LogP contribution is 2.43. The summed E-state index contributed by atoms with van der Waals surface area (Å²) in [5, 5.41) is 2.65. The molecule has 0 saturated heterocycles. The van der Waals surface area contributed by atoms with Crippen molar-refractivity contribution >= 4 is 68.7 Å². The molecule has 0 aliphatic heterocycles. The number of thiophene rings is 1. The lowest BCUT2D eigenvalue weighted by atomic mass is 9.82. The minimum absolute atomic E-state index is 0.268. The number of allylic oxidation sites excluding steroid dienone is 1. The molecule has 74 heavy (non-hydrogen) atoms. The number of thiazole rings is 1. The topological polar surface area (TPSA) is 189 Å². The van der Waals surface area contributed by atoms with Gasteiger partial charge in [0.05, 0.1) is 55.0 Å². The van der Waals surface area contributed by atoms with Gasteiger partial charge in [-0.2, -0.15) is 0 Å². The lowest BCUT2D eigenvalue weighted by Gasteiger charge is -2.27. The largest absolute Gasteiger partial charge is 0.494 e. The van der Waals surface area contributed by atoms with Crippen molar-refractivity contribution in [1.82, 2.24) is 4.98 Å². The summed E-state index contributed by atoms with van der Waals surface area (Å²) in [6.45, 7) is 8.64. The van der Waals surface area contributed by atoms with E-state index in [4.69, 9.17) is 42.9 Å². The van der Waals surface area contributed by atoms with Crippen LogP contribution >= 0.6 is 22.7 Å². The number of rotatable bonds is 27. The summed E-state index contributed by atoms with van der Waals surface area (Å²) >= 11 is 2.88. The third kappa shape index (κ3) is 16.7. The van der Waals surface area contributed by atoms with Crippen LogP contribution in [-0.2, 0) is 47.7 Å². The normalized spacial score (nSPS) is 19.3. The molecule has 3 aliphatic carbocycles. The average molecular weight is 1050 g/mol. The zero-order chi connectivity index (χ0) is 52.1. The molecule has 17 heteroatoms. The van der Waals surface area contributed by atoms with Gasteiger partial charge in [0, 0.05) is 18.6 Å². The van der Waals surface area contributed by atoms with Gasteiger partial charge in [-0.25, -0.2) is 14.6 Å². The van der Waals surface area contributed by atoms with E-state index in [1.807, 2.05) is 35.7 Å². The number of nitrogens with zero attached hydrogens (tertiary/aromatic N) is 1. The van der Waals surface area contributed by atoms with Crippen molar-refractivity contribution < 1.29 is 66.7 Å². The zero-order valence-electron chi connectivity index (χ0n) is 41.7. The Labute approximate surface area is 439 Å². The number of unbranched alkanes of at least 4 members (excludes halogenated alkanes) is 6. The average Bonchev–Trinajstić information content (AvgIpc) is 4.14. The van der Waals surface area contributed by atoms with Gasteiger partial charge < -0.3 is 37.9 Å². The Hall–Kier alpha value is -6.59. The number of hydrogen-bond donors (Lipinski definition) is 0. The second-order valence-corrected chi connectivity index (χ2v) is 20.5. The van der Waals surface area contributed by atoms with Gasteiger partial charge in [-0.15, -0.1) is 22.7 Å². The van der Waals surface area contributed by atoms with Gasteiger partial charge in [-0.1, -0.05) is 19.2 Å². The van der Waals surface area contributed by atoms with E-state index in [2.05, 4.69) is 13.2 Å². The predicted molar refractivity (Wildman–Crippen MR) is 280 cm³/mol. The molecule has 1 atom stereocenters. The summed E-state index contributed by atoms with van der Waals surface area (Å²) in [5.41, 5.74) is 0.418. The van der Waals surface area contributed by atoms with E-state index in [-0.39, 0.29) is 35.6 Å². The van der Waals surface area contributed by atoms with Gasteiger partial charge in [0.2, 0.25) is 0 Å². The first-order chi connectivity index (χ1) is 36.1. The van der Waals surface area contributed by atoms with Crippen molar-refractivity contribution in [2.75, 3.05) is 26.4 Å². The fraction of sp³-hybridized carbons (Fsp3) is 0.456. The third-order valence-corrected chi connectivity index (χ3v) is 15.3. The Kier molecular flexibility index (Phi) is 21.4. The van der Waals surface area contributed by atoms with Crippen LogP contribution in [0.15, 0.2) is 103 Å². The molecule has 7 rings (SSSR count). The van der Waals surface area contributed by atoms with Crippen LogP contribution in [0.2, 0.25) is 0 Å². The number of esters is 6. The van der Waals surface area contributed by atoms with Crippen LogP contribution in [0.5, 0.6) is 23.0 Å². The smallest absolute Gasteiger partial charge is 0.330 e. The first-order valence-electron chi connectivity index (χ1n) is 25.7. The van der Waals surface area contributed by atoms with E-state index in [1.165, 1.54) is 22.7 Å². The molecule has 2 heterocycles. The molecule has 0 bridgehead atoms. The first-order valence-corrected chi connectivity index (χ1v) is 27.4. The SMILES string of the molecule is C=CC(=O)OCCCCCCOC1=CCC(OC(=O)C2CCC(C(=O)Oc3ccc(OC(=O)C4CCC(C(=O)Oc5ccc(OCCCCCCOC(=O)C=C)cc5)CC4)c4sc(-c5cccs5)nc34)CC2)C=C1. The van der Waals surface area contributed by atoms with Crippen LogP contribution in [0.3, 0.4) is 0 Å². The Bertz CT molecular complexity index is 2600. The Morgan fingerprint density at radius 2 is 1.09 bits per heavy atom. The fourth-order valence-corrected chi connectivity index (χ4v) is 10.8. The van der Waals surface area contributed by atoms with Gasteiger partial charge in [0.25, 0.3) is 0 Å². The fourth-order valence-electron chi connectivity index (χ4n) is 8.92. The molecule has 4 aromatic rings. The highest BCUT2D eigenvalue weighted by molar-refractivity contribution is 7.25. The maximum atomic E-state index is 13.7. The molecule has 0 spiro atoms. The number of carbonyl (C=O) groups is 6. The minimum atomic E-state index is -0.416. The number of hydrogen-bond acceptors (Lipinski definition) is 17. The molecule has 0 N–H and O–H groups in total. The number of aromatic nitrogens is 1. The highest BCUT2D eigenvalue weighted by Gasteiger charge is 2.35. The molecule has 3 aliphatic rings. The van der Waals surface area contributed by atoms with Crippen LogP contribution in [0.1, 0.15) is 109 Å². The Morgan fingerprint density at radius 1 is 0.581 bits per heavy atom. The van der Waals surface area contributed by atoms with E-state index >= 15 is 0 Å². The summed E-state index contributed by atoms with van der Waals surface area (Å²) in [5.74, 6) is -1.31. The van der Waals surface area contributed by atoms with Crippen LogP contribution in [0, 0.1) is 23.7 Å². The number of fused-ring (bicyclic) bond motifs is 1. The molecule has 2 fully saturated rings. The molecule has 2 aromatic heterocycles. The zero-order valence-corrected chi connectivity index (χ0v) is 43.3. The summed E-state index contributed by atoms with van der Waals surface area (Å²) in [7, 11) is 0. The van der Waals surface area contributed by atoms with Crippen LogP contribution in [0.4, 0.5) is 0 Å². The summed E-state index contributed by atoms with van der Waals surface area (Å²) in [4.78, 5) is 81.7. The first kappa shape index (κ1) is 55.2.